The van der Waals surface area contributed by atoms with E-state index in [0.29, 0.717) is 11.3 Å². The van der Waals surface area contributed by atoms with Crippen LogP contribution in [0.2, 0.25) is 0 Å². The summed E-state index contributed by atoms with van der Waals surface area (Å²) in [4.78, 5) is 36.3. The van der Waals surface area contributed by atoms with Crippen molar-refractivity contribution in [3.63, 3.8) is 0 Å². The number of nitrogens with one attached hydrogen (secondary N) is 3. The minimum Gasteiger partial charge on any atom is -0.354 e. The molecule has 6 heteroatoms. The van der Waals surface area contributed by atoms with E-state index in [-0.39, 0.29) is 36.7 Å². The van der Waals surface area contributed by atoms with Crippen LogP contribution in [0.15, 0.2) is 78.9 Å². The SMILES string of the molecule is CC(C)NC(=O)Cc1ccc(NC(=O)CNC(=O)c2ccc(-c3ccccc3)cc2)cc1. The van der Waals surface area contributed by atoms with Gasteiger partial charge in [-0.3, -0.25) is 14.4 Å². The van der Waals surface area contributed by atoms with Crippen molar-refractivity contribution in [2.75, 3.05) is 11.9 Å². The quantitative estimate of drug-likeness (QED) is 0.509. The van der Waals surface area contributed by atoms with Crippen molar-refractivity contribution in [2.45, 2.75) is 26.3 Å². The van der Waals surface area contributed by atoms with Crippen molar-refractivity contribution in [3.05, 3.63) is 90.0 Å². The summed E-state index contributed by atoms with van der Waals surface area (Å²) in [6.07, 6.45) is 0.283. The Labute approximate surface area is 188 Å². The second-order valence-corrected chi connectivity index (χ2v) is 7.77. The molecule has 0 aromatic heterocycles. The van der Waals surface area contributed by atoms with E-state index >= 15 is 0 Å². The first-order valence-corrected chi connectivity index (χ1v) is 10.5. The number of hydrogen-bond acceptors (Lipinski definition) is 3. The van der Waals surface area contributed by atoms with Crippen molar-refractivity contribution in [3.8, 4) is 11.1 Å². The minimum absolute atomic E-state index is 0.0451. The van der Waals surface area contributed by atoms with Crippen LogP contribution in [-0.4, -0.2) is 30.3 Å². The molecule has 3 aromatic carbocycles. The van der Waals surface area contributed by atoms with Crippen LogP contribution in [0.5, 0.6) is 0 Å². The Morgan fingerprint density at radius 1 is 0.750 bits per heavy atom. The summed E-state index contributed by atoms with van der Waals surface area (Å²) in [6.45, 7) is 3.68. The number of anilines is 1. The van der Waals surface area contributed by atoms with E-state index in [0.717, 1.165) is 16.7 Å². The van der Waals surface area contributed by atoms with Crippen LogP contribution in [0.25, 0.3) is 11.1 Å². The molecule has 0 radical (unpaired) electrons. The van der Waals surface area contributed by atoms with Gasteiger partial charge in [-0.25, -0.2) is 0 Å². The normalized spacial score (nSPS) is 10.5. The molecule has 0 saturated heterocycles. The lowest BCUT2D eigenvalue weighted by Crippen LogP contribution is -2.32. The number of carbonyl (C=O) groups excluding carboxylic acids is 3. The maximum Gasteiger partial charge on any atom is 0.251 e. The molecule has 3 N–H and O–H groups in total. The number of amides is 3. The van der Waals surface area contributed by atoms with E-state index in [1.54, 1.807) is 36.4 Å². The Kier molecular flexibility index (Phi) is 7.75. The monoisotopic (exact) mass is 429 g/mol. The van der Waals surface area contributed by atoms with Gasteiger partial charge >= 0.3 is 0 Å². The van der Waals surface area contributed by atoms with E-state index in [1.165, 1.54) is 0 Å². The van der Waals surface area contributed by atoms with Gasteiger partial charge in [-0.05, 0) is 54.8 Å². The summed E-state index contributed by atoms with van der Waals surface area (Å²) < 4.78 is 0. The van der Waals surface area contributed by atoms with Crippen molar-refractivity contribution in [2.24, 2.45) is 0 Å². The summed E-state index contributed by atoms with van der Waals surface area (Å²) in [5.41, 5.74) is 4.04. The van der Waals surface area contributed by atoms with Crippen LogP contribution in [-0.2, 0) is 16.0 Å². The van der Waals surface area contributed by atoms with Crippen LogP contribution in [0.4, 0.5) is 5.69 Å². The average Bonchev–Trinajstić information content (AvgIpc) is 2.79. The maximum absolute atomic E-state index is 12.3. The van der Waals surface area contributed by atoms with Gasteiger partial charge in [0, 0.05) is 17.3 Å². The van der Waals surface area contributed by atoms with Gasteiger partial charge in [0.1, 0.15) is 0 Å². The standard InChI is InChI=1S/C26H27N3O3/c1-18(2)28-24(30)16-19-8-14-23(15-9-19)29-25(31)17-27-26(32)22-12-10-21(11-13-22)20-6-4-3-5-7-20/h3-15,18H,16-17H2,1-2H3,(H,27,32)(H,28,30)(H,29,31). The first kappa shape index (κ1) is 22.7. The lowest BCUT2D eigenvalue weighted by molar-refractivity contribution is -0.121. The van der Waals surface area contributed by atoms with Gasteiger partial charge in [0.25, 0.3) is 5.91 Å². The summed E-state index contributed by atoms with van der Waals surface area (Å²) in [5.74, 6) is -0.688. The van der Waals surface area contributed by atoms with Crippen molar-refractivity contribution in [1.82, 2.24) is 10.6 Å². The third-order valence-corrected chi connectivity index (χ3v) is 4.72. The molecule has 0 bridgehead atoms. The van der Waals surface area contributed by atoms with Gasteiger partial charge in [0.2, 0.25) is 11.8 Å². The van der Waals surface area contributed by atoms with E-state index in [2.05, 4.69) is 16.0 Å². The number of rotatable bonds is 8. The molecule has 3 rings (SSSR count). The van der Waals surface area contributed by atoms with Crippen LogP contribution in [0.3, 0.4) is 0 Å². The zero-order valence-corrected chi connectivity index (χ0v) is 18.2. The van der Waals surface area contributed by atoms with Gasteiger partial charge in [0.15, 0.2) is 0 Å². The zero-order chi connectivity index (χ0) is 22.9. The molecule has 32 heavy (non-hydrogen) atoms. The van der Waals surface area contributed by atoms with Crippen LogP contribution < -0.4 is 16.0 Å². The third kappa shape index (κ3) is 6.80. The van der Waals surface area contributed by atoms with Crippen LogP contribution in [0.1, 0.15) is 29.8 Å². The van der Waals surface area contributed by atoms with E-state index in [1.807, 2.05) is 56.3 Å². The molecule has 0 atom stereocenters. The molecule has 6 nitrogen and oxygen atoms in total. The zero-order valence-electron chi connectivity index (χ0n) is 18.2. The number of benzene rings is 3. The Morgan fingerprint density at radius 2 is 1.38 bits per heavy atom. The fourth-order valence-corrected chi connectivity index (χ4v) is 3.18. The molecule has 3 amide bonds. The van der Waals surface area contributed by atoms with Crippen molar-refractivity contribution in [1.29, 1.82) is 0 Å². The largest absolute Gasteiger partial charge is 0.354 e. The fourth-order valence-electron chi connectivity index (χ4n) is 3.18. The second kappa shape index (κ2) is 10.9. The van der Waals surface area contributed by atoms with Crippen molar-refractivity contribution < 1.29 is 14.4 Å². The highest BCUT2D eigenvalue weighted by Crippen LogP contribution is 2.19. The molecule has 0 unspecified atom stereocenters. The molecular formula is C26H27N3O3. The molecular weight excluding hydrogens is 402 g/mol. The maximum atomic E-state index is 12.3. The third-order valence-electron chi connectivity index (χ3n) is 4.72. The van der Waals surface area contributed by atoms with Gasteiger partial charge in [-0.1, -0.05) is 54.6 Å². The molecule has 164 valence electrons. The highest BCUT2D eigenvalue weighted by atomic mass is 16.2. The first-order chi connectivity index (χ1) is 15.4. The molecule has 0 saturated carbocycles. The molecule has 0 heterocycles. The topological polar surface area (TPSA) is 87.3 Å². The molecule has 0 aliphatic heterocycles. The van der Waals surface area contributed by atoms with Gasteiger partial charge in [-0.15, -0.1) is 0 Å². The molecule has 0 fully saturated rings. The molecule has 3 aromatic rings. The van der Waals surface area contributed by atoms with Gasteiger partial charge in [0.05, 0.1) is 13.0 Å². The smallest absolute Gasteiger partial charge is 0.251 e. The Bertz CT molecular complexity index is 1060. The second-order valence-electron chi connectivity index (χ2n) is 7.77. The van der Waals surface area contributed by atoms with E-state index in [9.17, 15) is 14.4 Å². The average molecular weight is 430 g/mol. The Balaban J connectivity index is 1.47. The fraction of sp³-hybridized carbons (Fsp3) is 0.192. The first-order valence-electron chi connectivity index (χ1n) is 10.5. The summed E-state index contributed by atoms with van der Waals surface area (Å²) in [6, 6.07) is 24.3. The predicted octanol–water partition coefficient (Wildman–Crippen LogP) is 3.79. The van der Waals surface area contributed by atoms with Gasteiger partial charge in [-0.2, -0.15) is 0 Å². The minimum atomic E-state index is -0.329. The molecule has 0 aliphatic rings. The molecule has 0 spiro atoms. The lowest BCUT2D eigenvalue weighted by Gasteiger charge is -2.10. The highest BCUT2D eigenvalue weighted by Gasteiger charge is 2.10. The number of hydrogen-bond donors (Lipinski definition) is 3. The lowest BCUT2D eigenvalue weighted by atomic mass is 10.0. The summed E-state index contributed by atoms with van der Waals surface area (Å²) >= 11 is 0. The Morgan fingerprint density at radius 3 is 2.00 bits per heavy atom. The van der Waals surface area contributed by atoms with E-state index < -0.39 is 0 Å². The van der Waals surface area contributed by atoms with E-state index in [4.69, 9.17) is 0 Å². The van der Waals surface area contributed by atoms with Crippen LogP contribution in [0, 0.1) is 0 Å². The van der Waals surface area contributed by atoms with Gasteiger partial charge < -0.3 is 16.0 Å². The predicted molar refractivity (Wildman–Crippen MR) is 126 cm³/mol. The highest BCUT2D eigenvalue weighted by molar-refractivity contribution is 5.99. The molecule has 0 aliphatic carbocycles. The Hall–Kier alpha value is -3.93. The summed E-state index contributed by atoms with van der Waals surface area (Å²) in [5, 5.41) is 8.21. The number of carbonyl (C=O) groups is 3. The van der Waals surface area contributed by atoms with Crippen molar-refractivity contribution >= 4 is 23.4 Å². The summed E-state index contributed by atoms with van der Waals surface area (Å²) in [7, 11) is 0. The van der Waals surface area contributed by atoms with Crippen LogP contribution >= 0.6 is 0 Å².